The van der Waals surface area contributed by atoms with Crippen LogP contribution in [0.25, 0.3) is 0 Å². The standard InChI is InChI=1S/C20H26N4O5/c1-14(25)18-16(27-3)12-15(26-2)13-17(18)28-10-11-29-20-19(22-4-5-23-20)24-8-6-21-7-9-24/h4-5,12-13,21H,6-11H2,1-3H3. The van der Waals surface area contributed by atoms with E-state index in [-0.39, 0.29) is 19.0 Å². The number of ether oxygens (including phenoxy) is 4. The lowest BCUT2D eigenvalue weighted by Gasteiger charge is -2.28. The number of carbonyl (C=O) groups is 1. The van der Waals surface area contributed by atoms with Gasteiger partial charge in [0.25, 0.3) is 5.88 Å². The Bertz CT molecular complexity index is 840. The number of hydrogen-bond donors (Lipinski definition) is 1. The van der Waals surface area contributed by atoms with Gasteiger partial charge in [-0.3, -0.25) is 4.79 Å². The average Bonchev–Trinajstić information content (AvgIpc) is 2.76. The molecule has 0 unspecified atom stereocenters. The topological polar surface area (TPSA) is 95.0 Å². The van der Waals surface area contributed by atoms with Crippen LogP contribution in [0.15, 0.2) is 24.5 Å². The molecule has 1 aliphatic heterocycles. The summed E-state index contributed by atoms with van der Waals surface area (Å²) in [6.45, 7) is 5.40. The molecule has 0 atom stereocenters. The fraction of sp³-hybridized carbons (Fsp3) is 0.450. The number of hydrogen-bond acceptors (Lipinski definition) is 9. The van der Waals surface area contributed by atoms with Gasteiger partial charge in [0.15, 0.2) is 11.6 Å². The van der Waals surface area contributed by atoms with Crippen molar-refractivity contribution in [2.75, 3.05) is 58.5 Å². The van der Waals surface area contributed by atoms with E-state index in [0.29, 0.717) is 28.7 Å². The van der Waals surface area contributed by atoms with Gasteiger partial charge in [0, 0.05) is 50.7 Å². The van der Waals surface area contributed by atoms with Crippen LogP contribution < -0.4 is 29.2 Å². The highest BCUT2D eigenvalue weighted by molar-refractivity contribution is 6.00. The van der Waals surface area contributed by atoms with Crippen LogP contribution in [0.2, 0.25) is 0 Å². The first-order valence-corrected chi connectivity index (χ1v) is 9.43. The fourth-order valence-corrected chi connectivity index (χ4v) is 3.11. The monoisotopic (exact) mass is 402 g/mol. The molecule has 0 spiro atoms. The Balaban J connectivity index is 1.66. The number of benzene rings is 1. The highest BCUT2D eigenvalue weighted by Gasteiger charge is 2.19. The third kappa shape index (κ3) is 5.05. The first-order chi connectivity index (χ1) is 14.1. The third-order valence-corrected chi connectivity index (χ3v) is 4.49. The van der Waals surface area contributed by atoms with Gasteiger partial charge in [0.1, 0.15) is 36.0 Å². The molecular formula is C20H26N4O5. The SMILES string of the molecule is COc1cc(OC)c(C(C)=O)c(OCCOc2nccnc2N2CCNCC2)c1. The molecule has 9 nitrogen and oxygen atoms in total. The van der Waals surface area contributed by atoms with Crippen molar-refractivity contribution in [2.45, 2.75) is 6.92 Å². The van der Waals surface area contributed by atoms with E-state index in [1.165, 1.54) is 14.0 Å². The van der Waals surface area contributed by atoms with Gasteiger partial charge in [0.05, 0.1) is 14.2 Å². The van der Waals surface area contributed by atoms with Gasteiger partial charge in [-0.2, -0.15) is 0 Å². The molecule has 1 N–H and O–H groups in total. The van der Waals surface area contributed by atoms with Crippen molar-refractivity contribution in [3.8, 4) is 23.1 Å². The van der Waals surface area contributed by atoms with Gasteiger partial charge in [-0.05, 0) is 6.92 Å². The molecule has 29 heavy (non-hydrogen) atoms. The number of nitrogens with one attached hydrogen (secondary N) is 1. The Morgan fingerprint density at radius 1 is 1.03 bits per heavy atom. The zero-order chi connectivity index (χ0) is 20.6. The summed E-state index contributed by atoms with van der Waals surface area (Å²) in [7, 11) is 3.04. The average molecular weight is 402 g/mol. The summed E-state index contributed by atoms with van der Waals surface area (Å²) in [5.74, 6) is 2.36. The quantitative estimate of drug-likeness (QED) is 0.495. The maximum atomic E-state index is 12.1. The van der Waals surface area contributed by atoms with E-state index in [2.05, 4.69) is 20.2 Å². The number of nitrogens with zero attached hydrogens (tertiary/aromatic N) is 3. The van der Waals surface area contributed by atoms with Crippen molar-refractivity contribution < 1.29 is 23.7 Å². The van der Waals surface area contributed by atoms with Crippen molar-refractivity contribution in [2.24, 2.45) is 0 Å². The fourth-order valence-electron chi connectivity index (χ4n) is 3.11. The summed E-state index contributed by atoms with van der Waals surface area (Å²) >= 11 is 0. The Labute approximate surface area is 169 Å². The summed E-state index contributed by atoms with van der Waals surface area (Å²) in [4.78, 5) is 22.9. The van der Waals surface area contributed by atoms with Crippen LogP contribution in [-0.2, 0) is 0 Å². The molecule has 2 aromatic rings. The van der Waals surface area contributed by atoms with Crippen molar-refractivity contribution >= 4 is 11.6 Å². The van der Waals surface area contributed by atoms with Crippen molar-refractivity contribution in [3.05, 3.63) is 30.1 Å². The number of aromatic nitrogens is 2. The molecule has 1 fully saturated rings. The van der Waals surface area contributed by atoms with Gasteiger partial charge in [-0.15, -0.1) is 0 Å². The van der Waals surface area contributed by atoms with Gasteiger partial charge >= 0.3 is 0 Å². The highest BCUT2D eigenvalue weighted by Crippen LogP contribution is 2.34. The molecule has 1 aliphatic rings. The molecule has 0 aliphatic carbocycles. The van der Waals surface area contributed by atoms with E-state index >= 15 is 0 Å². The number of Topliss-reactive ketones (excluding diaryl/α,β-unsaturated/α-hetero) is 1. The van der Waals surface area contributed by atoms with Crippen LogP contribution in [0.5, 0.6) is 23.1 Å². The second kappa shape index (κ2) is 9.92. The Hall–Kier alpha value is -3.07. The minimum atomic E-state index is -0.157. The summed E-state index contributed by atoms with van der Waals surface area (Å²) in [6, 6.07) is 3.31. The van der Waals surface area contributed by atoms with Crippen LogP contribution in [0, 0.1) is 0 Å². The second-order valence-corrected chi connectivity index (χ2v) is 6.38. The first kappa shape index (κ1) is 20.7. The minimum absolute atomic E-state index is 0.157. The van der Waals surface area contributed by atoms with Crippen LogP contribution in [0.3, 0.4) is 0 Å². The zero-order valence-electron chi connectivity index (χ0n) is 16.9. The molecule has 3 rings (SSSR count). The lowest BCUT2D eigenvalue weighted by atomic mass is 10.1. The van der Waals surface area contributed by atoms with E-state index in [1.54, 1.807) is 31.6 Å². The van der Waals surface area contributed by atoms with Gasteiger partial charge < -0.3 is 29.2 Å². The number of methoxy groups -OCH3 is 2. The number of carbonyl (C=O) groups excluding carboxylic acids is 1. The lowest BCUT2D eigenvalue weighted by Crippen LogP contribution is -2.44. The number of ketones is 1. The first-order valence-electron chi connectivity index (χ1n) is 9.43. The third-order valence-electron chi connectivity index (χ3n) is 4.49. The van der Waals surface area contributed by atoms with Crippen LogP contribution >= 0.6 is 0 Å². The Morgan fingerprint density at radius 3 is 2.41 bits per heavy atom. The summed E-state index contributed by atoms with van der Waals surface area (Å²) in [5, 5.41) is 3.31. The van der Waals surface area contributed by atoms with Gasteiger partial charge in [-0.25, -0.2) is 9.97 Å². The molecule has 1 aromatic carbocycles. The predicted molar refractivity (Wildman–Crippen MR) is 108 cm³/mol. The molecule has 2 heterocycles. The summed E-state index contributed by atoms with van der Waals surface area (Å²) < 4.78 is 22.2. The number of anilines is 1. The molecule has 0 saturated carbocycles. The van der Waals surface area contributed by atoms with Crippen molar-refractivity contribution in [1.82, 2.24) is 15.3 Å². The highest BCUT2D eigenvalue weighted by atomic mass is 16.5. The molecule has 1 saturated heterocycles. The maximum absolute atomic E-state index is 12.1. The van der Waals surface area contributed by atoms with E-state index < -0.39 is 0 Å². The molecule has 0 amide bonds. The second-order valence-electron chi connectivity index (χ2n) is 6.38. The number of piperazine rings is 1. The van der Waals surface area contributed by atoms with E-state index in [4.69, 9.17) is 18.9 Å². The van der Waals surface area contributed by atoms with Crippen molar-refractivity contribution in [3.63, 3.8) is 0 Å². The largest absolute Gasteiger partial charge is 0.496 e. The zero-order valence-corrected chi connectivity index (χ0v) is 16.9. The predicted octanol–water partition coefficient (Wildman–Crippen LogP) is 1.56. The molecular weight excluding hydrogens is 376 g/mol. The summed E-state index contributed by atoms with van der Waals surface area (Å²) in [6.07, 6.45) is 3.26. The smallest absolute Gasteiger partial charge is 0.257 e. The summed E-state index contributed by atoms with van der Waals surface area (Å²) in [5.41, 5.74) is 0.370. The minimum Gasteiger partial charge on any atom is -0.496 e. The molecule has 9 heteroatoms. The normalized spacial score (nSPS) is 13.7. The van der Waals surface area contributed by atoms with Crippen molar-refractivity contribution in [1.29, 1.82) is 0 Å². The Kier molecular flexibility index (Phi) is 7.07. The van der Waals surface area contributed by atoms with Crippen LogP contribution in [-0.4, -0.2) is 69.4 Å². The van der Waals surface area contributed by atoms with Crippen LogP contribution in [0.1, 0.15) is 17.3 Å². The molecule has 156 valence electrons. The number of rotatable bonds is 9. The Morgan fingerprint density at radius 2 is 1.72 bits per heavy atom. The van der Waals surface area contributed by atoms with E-state index in [1.807, 2.05) is 0 Å². The van der Waals surface area contributed by atoms with E-state index in [0.717, 1.165) is 32.0 Å². The van der Waals surface area contributed by atoms with Gasteiger partial charge in [-0.1, -0.05) is 0 Å². The molecule has 1 aromatic heterocycles. The van der Waals surface area contributed by atoms with Gasteiger partial charge in [0.2, 0.25) is 0 Å². The molecule has 0 bridgehead atoms. The molecule has 0 radical (unpaired) electrons. The van der Waals surface area contributed by atoms with Crippen LogP contribution in [0.4, 0.5) is 5.82 Å². The van der Waals surface area contributed by atoms with E-state index in [9.17, 15) is 4.79 Å². The maximum Gasteiger partial charge on any atom is 0.257 e. The lowest BCUT2D eigenvalue weighted by molar-refractivity contribution is 0.100.